The molecule has 8 heteroatoms. The van der Waals surface area contributed by atoms with Crippen molar-refractivity contribution in [3.63, 3.8) is 0 Å². The highest BCUT2D eigenvalue weighted by atomic mass is 19.4. The topological polar surface area (TPSA) is 71.5 Å². The third-order valence-corrected chi connectivity index (χ3v) is 2.42. The van der Waals surface area contributed by atoms with Gasteiger partial charge in [-0.2, -0.15) is 0 Å². The summed E-state index contributed by atoms with van der Waals surface area (Å²) in [4.78, 5) is 14.8. The lowest BCUT2D eigenvalue weighted by Crippen LogP contribution is -2.17. The van der Waals surface area contributed by atoms with E-state index in [9.17, 15) is 18.0 Å². The van der Waals surface area contributed by atoms with E-state index >= 15 is 0 Å². The molecule has 0 unspecified atom stereocenters. The number of rotatable bonds is 4. The maximum atomic E-state index is 12.0. The Bertz CT molecular complexity index is 642. The van der Waals surface area contributed by atoms with Crippen LogP contribution in [0.15, 0.2) is 42.7 Å². The van der Waals surface area contributed by atoms with Crippen LogP contribution in [-0.2, 0) is 0 Å². The normalized spacial score (nSPS) is 11.0. The summed E-state index contributed by atoms with van der Waals surface area (Å²) in [5.74, 6) is -1.50. The molecule has 0 aliphatic heterocycles. The molecule has 1 aromatic carbocycles. The molecule has 0 aliphatic rings. The second-order valence-corrected chi connectivity index (χ2v) is 3.92. The largest absolute Gasteiger partial charge is 0.573 e. The molecule has 0 amide bonds. The molecule has 110 valence electrons. The number of carboxylic acid groups (broad SMARTS) is 1. The van der Waals surface area contributed by atoms with Crippen molar-refractivity contribution in [1.82, 2.24) is 4.98 Å². The highest BCUT2D eigenvalue weighted by molar-refractivity contribution is 5.94. The lowest BCUT2D eigenvalue weighted by atomic mass is 10.2. The first-order valence-corrected chi connectivity index (χ1v) is 5.65. The van der Waals surface area contributed by atoms with Gasteiger partial charge in [-0.3, -0.25) is 4.98 Å². The maximum absolute atomic E-state index is 12.0. The number of anilines is 2. The van der Waals surface area contributed by atoms with E-state index in [-0.39, 0.29) is 17.0 Å². The van der Waals surface area contributed by atoms with Crippen molar-refractivity contribution in [2.45, 2.75) is 6.36 Å². The zero-order valence-corrected chi connectivity index (χ0v) is 10.4. The van der Waals surface area contributed by atoms with Crippen molar-refractivity contribution >= 4 is 17.3 Å². The van der Waals surface area contributed by atoms with E-state index < -0.39 is 12.3 Å². The Balaban J connectivity index is 2.16. The van der Waals surface area contributed by atoms with Crippen molar-refractivity contribution in [2.75, 3.05) is 5.32 Å². The first-order valence-electron chi connectivity index (χ1n) is 5.65. The van der Waals surface area contributed by atoms with Crippen LogP contribution < -0.4 is 10.1 Å². The summed E-state index contributed by atoms with van der Waals surface area (Å²) in [7, 11) is 0. The Morgan fingerprint density at radius 2 is 1.86 bits per heavy atom. The van der Waals surface area contributed by atoms with Gasteiger partial charge >= 0.3 is 12.3 Å². The summed E-state index contributed by atoms with van der Waals surface area (Å²) >= 11 is 0. The lowest BCUT2D eigenvalue weighted by Gasteiger charge is -2.11. The number of carboxylic acids is 1. The molecule has 21 heavy (non-hydrogen) atoms. The smallest absolute Gasteiger partial charge is 0.478 e. The molecule has 0 atom stereocenters. The van der Waals surface area contributed by atoms with Gasteiger partial charge in [0, 0.05) is 11.9 Å². The summed E-state index contributed by atoms with van der Waals surface area (Å²) < 4.78 is 39.8. The van der Waals surface area contributed by atoms with E-state index in [0.29, 0.717) is 5.69 Å². The van der Waals surface area contributed by atoms with Crippen LogP contribution in [0.1, 0.15) is 10.4 Å². The Morgan fingerprint density at radius 3 is 2.43 bits per heavy atom. The van der Waals surface area contributed by atoms with Gasteiger partial charge in [0.2, 0.25) is 0 Å². The number of pyridine rings is 1. The fourth-order valence-corrected chi connectivity index (χ4v) is 1.58. The van der Waals surface area contributed by atoms with Crippen LogP contribution in [0.4, 0.5) is 24.5 Å². The molecule has 1 heterocycles. The Morgan fingerprint density at radius 1 is 1.19 bits per heavy atom. The third-order valence-electron chi connectivity index (χ3n) is 2.42. The van der Waals surface area contributed by atoms with E-state index in [0.717, 1.165) is 12.1 Å². The van der Waals surface area contributed by atoms with Gasteiger partial charge in [-0.05, 0) is 30.3 Å². The number of ether oxygens (including phenoxy) is 1. The van der Waals surface area contributed by atoms with Crippen LogP contribution in [0.3, 0.4) is 0 Å². The van der Waals surface area contributed by atoms with Gasteiger partial charge in [-0.1, -0.05) is 0 Å². The molecule has 0 saturated carbocycles. The summed E-state index contributed by atoms with van der Waals surface area (Å²) in [6.45, 7) is 0. The Hall–Kier alpha value is -2.77. The molecular weight excluding hydrogens is 289 g/mol. The first kappa shape index (κ1) is 14.6. The predicted octanol–water partition coefficient (Wildman–Crippen LogP) is 3.42. The van der Waals surface area contributed by atoms with Crippen molar-refractivity contribution in [3.05, 3.63) is 48.3 Å². The minimum absolute atomic E-state index is 0.000572. The van der Waals surface area contributed by atoms with Gasteiger partial charge in [0.05, 0.1) is 17.4 Å². The van der Waals surface area contributed by atoms with Crippen molar-refractivity contribution in [1.29, 1.82) is 0 Å². The number of aromatic nitrogens is 1. The summed E-state index contributed by atoms with van der Waals surface area (Å²) in [6, 6.07) is 6.21. The van der Waals surface area contributed by atoms with Crippen molar-refractivity contribution in [2.24, 2.45) is 0 Å². The minimum Gasteiger partial charge on any atom is -0.478 e. The Labute approximate surface area is 117 Å². The second-order valence-electron chi connectivity index (χ2n) is 3.92. The average Bonchev–Trinajstić information content (AvgIpc) is 2.40. The predicted molar refractivity (Wildman–Crippen MR) is 67.6 cm³/mol. The highest BCUT2D eigenvalue weighted by Gasteiger charge is 2.30. The van der Waals surface area contributed by atoms with Crippen LogP contribution in [0.5, 0.6) is 5.75 Å². The number of halogens is 3. The molecule has 0 saturated heterocycles. The van der Waals surface area contributed by atoms with Gasteiger partial charge in [-0.25, -0.2) is 4.79 Å². The van der Waals surface area contributed by atoms with E-state index in [1.54, 1.807) is 0 Å². The SMILES string of the molecule is O=C(O)c1ccncc1Nc1ccc(OC(F)(F)F)cc1. The minimum atomic E-state index is -4.76. The van der Waals surface area contributed by atoms with Crippen molar-refractivity contribution < 1.29 is 27.8 Å². The highest BCUT2D eigenvalue weighted by Crippen LogP contribution is 2.26. The summed E-state index contributed by atoms with van der Waals surface area (Å²) in [5.41, 5.74) is 0.634. The van der Waals surface area contributed by atoms with Gasteiger partial charge in [-0.15, -0.1) is 13.2 Å². The van der Waals surface area contributed by atoms with Crippen LogP contribution >= 0.6 is 0 Å². The number of nitrogens with one attached hydrogen (secondary N) is 1. The summed E-state index contributed by atoms with van der Waals surface area (Å²) in [5, 5.41) is 11.8. The number of alkyl halides is 3. The molecular formula is C13H9F3N2O3. The van der Waals surface area contributed by atoms with E-state index in [1.165, 1.54) is 30.6 Å². The molecule has 0 aliphatic carbocycles. The second kappa shape index (κ2) is 5.70. The molecule has 0 radical (unpaired) electrons. The standard InChI is InChI=1S/C13H9F3N2O3/c14-13(15,16)21-9-3-1-8(2-4-9)18-11-7-17-6-5-10(11)12(19)20/h1-7,18H,(H,19,20). The first-order chi connectivity index (χ1) is 9.85. The number of benzene rings is 1. The molecule has 0 fully saturated rings. The molecule has 1 aromatic heterocycles. The van der Waals surface area contributed by atoms with E-state index in [1.807, 2.05) is 0 Å². The summed E-state index contributed by atoms with van der Waals surface area (Å²) in [6.07, 6.45) is -2.12. The van der Waals surface area contributed by atoms with Crippen molar-refractivity contribution in [3.8, 4) is 5.75 Å². The fourth-order valence-electron chi connectivity index (χ4n) is 1.58. The maximum Gasteiger partial charge on any atom is 0.573 e. The van der Waals surface area contributed by atoms with Crippen LogP contribution in [-0.4, -0.2) is 22.4 Å². The number of carbonyl (C=O) groups is 1. The lowest BCUT2D eigenvalue weighted by molar-refractivity contribution is -0.274. The molecule has 5 nitrogen and oxygen atoms in total. The van der Waals surface area contributed by atoms with Gasteiger partial charge in [0.15, 0.2) is 0 Å². The van der Waals surface area contributed by atoms with Crippen LogP contribution in [0, 0.1) is 0 Å². The third kappa shape index (κ3) is 4.10. The fraction of sp³-hybridized carbons (Fsp3) is 0.0769. The zero-order valence-electron chi connectivity index (χ0n) is 10.4. The molecule has 0 bridgehead atoms. The number of hydrogen-bond donors (Lipinski definition) is 2. The average molecular weight is 298 g/mol. The van der Waals surface area contributed by atoms with E-state index in [4.69, 9.17) is 5.11 Å². The monoisotopic (exact) mass is 298 g/mol. The number of nitrogens with zero attached hydrogens (tertiary/aromatic N) is 1. The number of hydrogen-bond acceptors (Lipinski definition) is 4. The molecule has 2 rings (SSSR count). The van der Waals surface area contributed by atoms with Gasteiger partial charge < -0.3 is 15.2 Å². The molecule has 2 N–H and O–H groups in total. The van der Waals surface area contributed by atoms with E-state index in [2.05, 4.69) is 15.0 Å². The van der Waals surface area contributed by atoms with Gasteiger partial charge in [0.1, 0.15) is 5.75 Å². The van der Waals surface area contributed by atoms with Crippen LogP contribution in [0.2, 0.25) is 0 Å². The van der Waals surface area contributed by atoms with Gasteiger partial charge in [0.25, 0.3) is 0 Å². The van der Waals surface area contributed by atoms with Crippen LogP contribution in [0.25, 0.3) is 0 Å². The Kier molecular flexibility index (Phi) is 3.97. The molecule has 2 aromatic rings. The quantitative estimate of drug-likeness (QED) is 0.905. The zero-order chi connectivity index (χ0) is 15.5. The number of aromatic carboxylic acids is 1. The molecule has 0 spiro atoms.